The number of nitrogens with zero attached hydrogens (tertiary/aromatic N) is 1. The molecule has 0 aromatic heterocycles. The number of amides is 2. The van der Waals surface area contributed by atoms with Crippen LogP contribution in [0.1, 0.15) is 5.56 Å². The molecule has 4 nitrogen and oxygen atoms in total. The van der Waals surface area contributed by atoms with E-state index in [1.165, 1.54) is 4.90 Å². The molecular formula is C17H12Br2N2O2S. The lowest BCUT2D eigenvalue weighted by Gasteiger charge is -2.15. The van der Waals surface area contributed by atoms with Crippen LogP contribution in [0, 0.1) is 0 Å². The molecule has 2 aromatic rings. The van der Waals surface area contributed by atoms with E-state index in [0.717, 1.165) is 32.0 Å². The van der Waals surface area contributed by atoms with Crippen LogP contribution in [0.4, 0.5) is 10.5 Å². The third kappa shape index (κ3) is 3.91. The average Bonchev–Trinajstić information content (AvgIpc) is 2.81. The molecule has 0 unspecified atom stereocenters. The van der Waals surface area contributed by atoms with Crippen LogP contribution in [0.5, 0.6) is 0 Å². The van der Waals surface area contributed by atoms with Crippen LogP contribution in [0.3, 0.4) is 0 Å². The number of carbonyl (C=O) groups excluding carboxylic acids is 2. The Morgan fingerprint density at radius 2 is 1.88 bits per heavy atom. The molecule has 122 valence electrons. The Kier molecular flexibility index (Phi) is 5.43. The first-order valence-corrected chi connectivity index (χ1v) is 9.44. The number of carbonyl (C=O) groups is 2. The van der Waals surface area contributed by atoms with Gasteiger partial charge < -0.3 is 5.32 Å². The van der Waals surface area contributed by atoms with Gasteiger partial charge in [0.15, 0.2) is 0 Å². The molecule has 3 rings (SSSR count). The number of para-hydroxylation sites is 1. The molecule has 0 spiro atoms. The second kappa shape index (κ2) is 7.55. The number of hydrogen-bond donors (Lipinski definition) is 1. The van der Waals surface area contributed by atoms with Gasteiger partial charge in [0.05, 0.1) is 11.6 Å². The van der Waals surface area contributed by atoms with Crippen molar-refractivity contribution < 1.29 is 9.59 Å². The molecule has 2 amide bonds. The molecule has 2 aromatic carbocycles. The Balaban J connectivity index is 1.73. The molecular weight excluding hydrogens is 456 g/mol. The van der Waals surface area contributed by atoms with Crippen molar-refractivity contribution in [3.63, 3.8) is 0 Å². The molecule has 1 aliphatic rings. The maximum atomic E-state index is 12.5. The fourth-order valence-electron chi connectivity index (χ4n) is 2.15. The van der Waals surface area contributed by atoms with E-state index in [9.17, 15) is 9.59 Å². The highest BCUT2D eigenvalue weighted by atomic mass is 79.9. The van der Waals surface area contributed by atoms with Gasteiger partial charge in [0, 0.05) is 14.6 Å². The summed E-state index contributed by atoms with van der Waals surface area (Å²) in [4.78, 5) is 26.2. The van der Waals surface area contributed by atoms with E-state index in [0.29, 0.717) is 4.91 Å². The smallest absolute Gasteiger partial charge is 0.295 e. The maximum absolute atomic E-state index is 12.5. The molecule has 0 saturated carbocycles. The van der Waals surface area contributed by atoms with Crippen LogP contribution >= 0.6 is 43.6 Å². The van der Waals surface area contributed by atoms with Crippen LogP contribution in [-0.2, 0) is 4.79 Å². The van der Waals surface area contributed by atoms with Gasteiger partial charge in [-0.3, -0.25) is 14.5 Å². The van der Waals surface area contributed by atoms with E-state index in [-0.39, 0.29) is 17.8 Å². The minimum Gasteiger partial charge on any atom is -0.366 e. The molecule has 0 bridgehead atoms. The van der Waals surface area contributed by atoms with Crippen molar-refractivity contribution in [1.82, 2.24) is 4.90 Å². The molecule has 1 fully saturated rings. The number of benzene rings is 2. The summed E-state index contributed by atoms with van der Waals surface area (Å²) in [5, 5.41) is 2.82. The lowest BCUT2D eigenvalue weighted by atomic mass is 10.2. The van der Waals surface area contributed by atoms with Gasteiger partial charge in [-0.2, -0.15) is 0 Å². The summed E-state index contributed by atoms with van der Waals surface area (Å²) in [6.07, 6.45) is 1.73. The number of thioether (sulfide) groups is 1. The van der Waals surface area contributed by atoms with Gasteiger partial charge in [0.25, 0.3) is 11.1 Å². The van der Waals surface area contributed by atoms with E-state index < -0.39 is 0 Å². The van der Waals surface area contributed by atoms with Crippen molar-refractivity contribution in [2.24, 2.45) is 0 Å². The lowest BCUT2D eigenvalue weighted by molar-refractivity contribution is -0.122. The van der Waals surface area contributed by atoms with Crippen LogP contribution in [-0.4, -0.2) is 22.7 Å². The highest BCUT2D eigenvalue weighted by Gasteiger charge is 2.34. The number of anilines is 1. The number of halogens is 2. The number of rotatable bonds is 4. The van der Waals surface area contributed by atoms with Crippen LogP contribution < -0.4 is 5.32 Å². The summed E-state index contributed by atoms with van der Waals surface area (Å²) in [5.41, 5.74) is 1.70. The standard InChI is InChI=1S/C17H12Br2N2O2S/c18-12-5-3-4-11(8-12)9-15-16(22)21(17(23)24-15)10-20-14-7-2-1-6-13(14)19/h1-9,20H,10H2/b15-9+. The zero-order chi connectivity index (χ0) is 17.1. The van der Waals surface area contributed by atoms with Crippen molar-refractivity contribution in [3.8, 4) is 0 Å². The van der Waals surface area contributed by atoms with E-state index >= 15 is 0 Å². The topological polar surface area (TPSA) is 49.4 Å². The van der Waals surface area contributed by atoms with Crippen molar-refractivity contribution in [2.45, 2.75) is 0 Å². The Morgan fingerprint density at radius 1 is 1.08 bits per heavy atom. The SMILES string of the molecule is O=C1S/C(=C/c2cccc(Br)c2)C(=O)N1CNc1ccccc1Br. The predicted octanol–water partition coefficient (Wildman–Crippen LogP) is 5.32. The van der Waals surface area contributed by atoms with Crippen LogP contribution in [0.2, 0.25) is 0 Å². The van der Waals surface area contributed by atoms with Crippen LogP contribution in [0.15, 0.2) is 62.4 Å². The first-order valence-electron chi connectivity index (χ1n) is 7.04. The third-order valence-corrected chi connectivity index (χ3v) is 5.41. The Bertz CT molecular complexity index is 839. The Hall–Kier alpha value is -1.57. The average molecular weight is 468 g/mol. The van der Waals surface area contributed by atoms with Crippen molar-refractivity contribution >= 4 is 66.5 Å². The molecule has 1 heterocycles. The Labute approximate surface area is 160 Å². The fourth-order valence-corrected chi connectivity index (χ4v) is 3.83. The summed E-state index contributed by atoms with van der Waals surface area (Å²) in [5.74, 6) is -0.287. The molecule has 1 aliphatic heterocycles. The largest absolute Gasteiger partial charge is 0.366 e. The van der Waals surface area contributed by atoms with Gasteiger partial charge in [-0.1, -0.05) is 40.2 Å². The Morgan fingerprint density at radius 3 is 2.62 bits per heavy atom. The minimum atomic E-state index is -0.287. The van der Waals surface area contributed by atoms with Crippen molar-refractivity contribution in [2.75, 3.05) is 12.0 Å². The third-order valence-electron chi connectivity index (χ3n) is 3.32. The minimum absolute atomic E-state index is 0.128. The molecule has 0 radical (unpaired) electrons. The highest BCUT2D eigenvalue weighted by Crippen LogP contribution is 2.32. The van der Waals surface area contributed by atoms with Gasteiger partial charge in [-0.25, -0.2) is 0 Å². The highest BCUT2D eigenvalue weighted by molar-refractivity contribution is 9.10. The van der Waals surface area contributed by atoms with Gasteiger partial charge in [0.1, 0.15) is 0 Å². The molecule has 7 heteroatoms. The van der Waals surface area contributed by atoms with E-state index in [4.69, 9.17) is 0 Å². The zero-order valence-corrected chi connectivity index (χ0v) is 16.3. The summed E-state index contributed by atoms with van der Waals surface area (Å²) >= 11 is 7.78. The molecule has 24 heavy (non-hydrogen) atoms. The monoisotopic (exact) mass is 466 g/mol. The first-order chi connectivity index (χ1) is 11.5. The van der Waals surface area contributed by atoms with Gasteiger partial charge in [0.2, 0.25) is 0 Å². The summed E-state index contributed by atoms with van der Waals surface area (Å²) in [7, 11) is 0. The first kappa shape index (κ1) is 17.3. The summed E-state index contributed by atoms with van der Waals surface area (Å²) in [6, 6.07) is 15.1. The number of nitrogens with one attached hydrogen (secondary N) is 1. The van der Waals surface area contributed by atoms with E-state index in [1.54, 1.807) is 6.08 Å². The van der Waals surface area contributed by atoms with Crippen molar-refractivity contribution in [3.05, 3.63) is 67.9 Å². The summed E-state index contributed by atoms with van der Waals surface area (Å²) < 4.78 is 1.80. The second-order valence-corrected chi connectivity index (χ2v) is 7.74. The molecule has 0 atom stereocenters. The normalized spacial score (nSPS) is 16.1. The van der Waals surface area contributed by atoms with E-state index in [1.807, 2.05) is 48.5 Å². The number of imide groups is 1. The summed E-state index contributed by atoms with van der Waals surface area (Å²) in [6.45, 7) is 0.128. The quantitative estimate of drug-likeness (QED) is 0.618. The van der Waals surface area contributed by atoms with E-state index in [2.05, 4.69) is 37.2 Å². The van der Waals surface area contributed by atoms with Crippen molar-refractivity contribution in [1.29, 1.82) is 0 Å². The zero-order valence-electron chi connectivity index (χ0n) is 12.3. The van der Waals surface area contributed by atoms with Gasteiger partial charge in [-0.15, -0.1) is 0 Å². The molecule has 1 saturated heterocycles. The maximum Gasteiger partial charge on any atom is 0.295 e. The predicted molar refractivity (Wildman–Crippen MR) is 105 cm³/mol. The van der Waals surface area contributed by atoms with Crippen LogP contribution in [0.25, 0.3) is 6.08 Å². The molecule has 0 aliphatic carbocycles. The second-order valence-electron chi connectivity index (χ2n) is 4.98. The molecule has 1 N–H and O–H groups in total. The van der Waals surface area contributed by atoms with Gasteiger partial charge in [-0.05, 0) is 63.6 Å². The fraction of sp³-hybridized carbons (Fsp3) is 0.0588. The lowest BCUT2D eigenvalue weighted by Crippen LogP contribution is -2.33. The number of hydrogen-bond acceptors (Lipinski definition) is 4. The van der Waals surface area contributed by atoms with Gasteiger partial charge >= 0.3 is 0 Å².